The number of hydrogen-bond acceptors (Lipinski definition) is 4. The average molecular weight is 313 g/mol. The van der Waals surface area contributed by atoms with E-state index in [9.17, 15) is 14.4 Å². The summed E-state index contributed by atoms with van der Waals surface area (Å²) < 4.78 is 0. The lowest BCUT2D eigenvalue weighted by molar-refractivity contribution is 0.103. The first-order valence-electron chi connectivity index (χ1n) is 7.26. The minimum atomic E-state index is -0.730. The van der Waals surface area contributed by atoms with Crippen LogP contribution >= 0.6 is 0 Å². The summed E-state index contributed by atoms with van der Waals surface area (Å²) in [7, 11) is 0. The second-order valence-corrected chi connectivity index (χ2v) is 5.27. The smallest absolute Gasteiger partial charge is 0.304 e. The molecule has 0 fully saturated rings. The number of hydrogen-bond donors (Lipinski definition) is 2. The Morgan fingerprint density at radius 2 is 1.96 bits per heavy atom. The fourth-order valence-corrected chi connectivity index (χ4v) is 2.03. The lowest BCUT2D eigenvalue weighted by Gasteiger charge is -2.10. The number of aromatic nitrogens is 2. The summed E-state index contributed by atoms with van der Waals surface area (Å²) in [6.45, 7) is 6.95. The molecule has 0 spiro atoms. The third-order valence-corrected chi connectivity index (χ3v) is 3.08. The van der Waals surface area contributed by atoms with Crippen molar-refractivity contribution in [1.82, 2.24) is 9.97 Å². The molecule has 0 radical (unpaired) electrons. The number of carbonyl (C=O) groups excluding carboxylic acids is 1. The Kier molecular flexibility index (Phi) is 6.25. The van der Waals surface area contributed by atoms with Gasteiger partial charge in [0, 0.05) is 11.1 Å². The molecule has 0 saturated heterocycles. The van der Waals surface area contributed by atoms with Crippen LogP contribution in [0, 0.1) is 11.3 Å². The third-order valence-electron chi connectivity index (χ3n) is 3.08. The van der Waals surface area contributed by atoms with E-state index >= 15 is 0 Å². The lowest BCUT2D eigenvalue weighted by atomic mass is 9.97. The molecule has 0 amide bonds. The van der Waals surface area contributed by atoms with Crippen molar-refractivity contribution < 1.29 is 4.79 Å². The van der Waals surface area contributed by atoms with Gasteiger partial charge in [0.05, 0.1) is 11.3 Å². The van der Waals surface area contributed by atoms with Crippen LogP contribution < -0.4 is 11.2 Å². The second kappa shape index (κ2) is 7.92. The summed E-state index contributed by atoms with van der Waals surface area (Å²) in [6.07, 6.45) is 3.63. The summed E-state index contributed by atoms with van der Waals surface area (Å²) in [5.41, 5.74) is 2.20. The number of carbonyl (C=O) groups is 1. The number of nitrogens with one attached hydrogen (secondary N) is 2. The zero-order valence-corrected chi connectivity index (χ0v) is 13.6. The quantitative estimate of drug-likeness (QED) is 0.286. The Hall–Kier alpha value is -2.90. The van der Waals surface area contributed by atoms with Crippen LogP contribution in [0.15, 0.2) is 38.6 Å². The molecule has 23 heavy (non-hydrogen) atoms. The van der Waals surface area contributed by atoms with E-state index in [2.05, 4.69) is 15.7 Å². The van der Waals surface area contributed by atoms with E-state index in [1.54, 1.807) is 26.8 Å². The van der Waals surface area contributed by atoms with E-state index in [-0.39, 0.29) is 22.7 Å². The minimum Gasteiger partial charge on any atom is -0.304 e. The van der Waals surface area contributed by atoms with Crippen LogP contribution in [0.5, 0.6) is 0 Å². The summed E-state index contributed by atoms with van der Waals surface area (Å²) >= 11 is 0. The van der Waals surface area contributed by atoms with Crippen molar-refractivity contribution >= 4 is 5.78 Å². The predicted octanol–water partition coefficient (Wildman–Crippen LogP) is 2.33. The normalized spacial score (nSPS) is 10.9. The van der Waals surface area contributed by atoms with Crippen molar-refractivity contribution in [2.24, 2.45) is 0 Å². The van der Waals surface area contributed by atoms with E-state index < -0.39 is 17.0 Å². The Balaban J connectivity index is 3.57. The Bertz CT molecular complexity index is 854. The number of nitriles is 1. The van der Waals surface area contributed by atoms with Crippen molar-refractivity contribution in [2.45, 2.75) is 40.0 Å². The first kappa shape index (κ1) is 18.1. The van der Waals surface area contributed by atoms with Crippen LogP contribution in [-0.4, -0.2) is 15.8 Å². The van der Waals surface area contributed by atoms with E-state index in [1.807, 2.05) is 13.0 Å². The molecular weight excluding hydrogens is 294 g/mol. The first-order valence-corrected chi connectivity index (χ1v) is 7.26. The van der Waals surface area contributed by atoms with Crippen molar-refractivity contribution in [1.29, 1.82) is 5.26 Å². The first-order chi connectivity index (χ1) is 10.8. The molecule has 0 unspecified atom stereocenters. The van der Waals surface area contributed by atoms with E-state index in [0.29, 0.717) is 12.0 Å². The van der Waals surface area contributed by atoms with Crippen LogP contribution in [0.3, 0.4) is 0 Å². The summed E-state index contributed by atoms with van der Waals surface area (Å²) in [5.74, 6) is -0.713. The van der Waals surface area contributed by atoms with Gasteiger partial charge in [0.25, 0.3) is 5.56 Å². The number of ketones is 1. The topological polar surface area (TPSA) is 107 Å². The zero-order chi connectivity index (χ0) is 17.6. The molecule has 6 nitrogen and oxygen atoms in total. The highest BCUT2D eigenvalue weighted by atomic mass is 16.2. The SMILES string of the molecule is CC/C=C(\C=C=C(C)C#N)C(=O)c1[nH]c(=O)[nH]c(=O)c1C(C)C. The molecule has 1 aromatic heterocycles. The molecule has 2 N–H and O–H groups in total. The second-order valence-electron chi connectivity index (χ2n) is 5.27. The van der Waals surface area contributed by atoms with Gasteiger partial charge in [0.1, 0.15) is 6.07 Å². The van der Waals surface area contributed by atoms with Gasteiger partial charge in [-0.3, -0.25) is 14.6 Å². The van der Waals surface area contributed by atoms with E-state index in [1.165, 1.54) is 6.08 Å². The number of nitrogens with zero attached hydrogens (tertiary/aromatic N) is 1. The fraction of sp³-hybridized carbons (Fsp3) is 0.353. The van der Waals surface area contributed by atoms with Gasteiger partial charge in [-0.05, 0) is 25.3 Å². The van der Waals surface area contributed by atoms with Crippen LogP contribution in [-0.2, 0) is 0 Å². The molecule has 0 bridgehead atoms. The minimum absolute atomic E-state index is 0.0267. The number of rotatable bonds is 5. The van der Waals surface area contributed by atoms with Gasteiger partial charge in [0.15, 0.2) is 0 Å². The molecule has 1 rings (SSSR count). The largest absolute Gasteiger partial charge is 0.326 e. The van der Waals surface area contributed by atoms with Crippen molar-refractivity contribution in [3.63, 3.8) is 0 Å². The van der Waals surface area contributed by atoms with Gasteiger partial charge < -0.3 is 4.98 Å². The summed E-state index contributed by atoms with van der Waals surface area (Å²) in [4.78, 5) is 40.8. The molecule has 0 aliphatic rings. The van der Waals surface area contributed by atoms with Crippen molar-refractivity contribution in [2.75, 3.05) is 0 Å². The van der Waals surface area contributed by atoms with Gasteiger partial charge in [-0.2, -0.15) is 5.26 Å². The molecule has 0 saturated carbocycles. The molecule has 1 heterocycles. The predicted molar refractivity (Wildman–Crippen MR) is 87.4 cm³/mol. The number of H-pyrrole nitrogens is 2. The van der Waals surface area contributed by atoms with Crippen molar-refractivity contribution in [3.8, 4) is 6.07 Å². The lowest BCUT2D eigenvalue weighted by Crippen LogP contribution is -2.30. The molecule has 6 heteroatoms. The van der Waals surface area contributed by atoms with Gasteiger partial charge in [0.2, 0.25) is 5.78 Å². The zero-order valence-electron chi connectivity index (χ0n) is 13.6. The maximum absolute atomic E-state index is 12.7. The van der Waals surface area contributed by atoms with Crippen LogP contribution in [0.4, 0.5) is 0 Å². The fourth-order valence-electron chi connectivity index (χ4n) is 2.03. The van der Waals surface area contributed by atoms with Gasteiger partial charge in [-0.15, -0.1) is 5.73 Å². The molecule has 0 atom stereocenters. The standard InChI is InChI=1S/C17H19N3O3/c1-5-6-12(8-7-11(4)9-18)15(21)14-13(10(2)3)16(22)20-17(23)19-14/h6,8,10H,5H2,1-4H3,(H2,19,20,22,23)/b12-6+. The highest BCUT2D eigenvalue weighted by Crippen LogP contribution is 2.16. The van der Waals surface area contributed by atoms with Gasteiger partial charge in [-0.25, -0.2) is 4.79 Å². The Labute approximate surface area is 133 Å². The Morgan fingerprint density at radius 1 is 1.30 bits per heavy atom. The Morgan fingerprint density at radius 3 is 2.48 bits per heavy atom. The molecule has 120 valence electrons. The molecule has 1 aromatic rings. The number of allylic oxidation sites excluding steroid dienone is 3. The van der Waals surface area contributed by atoms with E-state index in [0.717, 1.165) is 0 Å². The van der Waals surface area contributed by atoms with Gasteiger partial charge in [-0.1, -0.05) is 26.8 Å². The summed E-state index contributed by atoms with van der Waals surface area (Å²) in [6, 6.07) is 1.91. The monoisotopic (exact) mass is 313 g/mol. The summed E-state index contributed by atoms with van der Waals surface area (Å²) in [5, 5.41) is 8.76. The molecule has 0 aliphatic heterocycles. The number of aromatic amines is 2. The van der Waals surface area contributed by atoms with Crippen LogP contribution in [0.1, 0.15) is 56.1 Å². The highest BCUT2D eigenvalue weighted by Gasteiger charge is 2.20. The maximum Gasteiger partial charge on any atom is 0.326 e. The van der Waals surface area contributed by atoms with Crippen LogP contribution in [0.25, 0.3) is 0 Å². The van der Waals surface area contributed by atoms with Crippen LogP contribution in [0.2, 0.25) is 0 Å². The highest BCUT2D eigenvalue weighted by molar-refractivity contribution is 6.10. The molecule has 0 aliphatic carbocycles. The van der Waals surface area contributed by atoms with E-state index in [4.69, 9.17) is 5.26 Å². The molecule has 0 aromatic carbocycles. The van der Waals surface area contributed by atoms with Gasteiger partial charge >= 0.3 is 5.69 Å². The molecular formula is C17H19N3O3. The average Bonchev–Trinajstić information content (AvgIpc) is 2.48. The maximum atomic E-state index is 12.7. The number of Topliss-reactive ketones (excluding diaryl/α,β-unsaturated/α-hetero) is 1. The van der Waals surface area contributed by atoms with Crippen molar-refractivity contribution in [3.05, 3.63) is 61.1 Å². The third kappa shape index (κ3) is 4.53.